The second kappa shape index (κ2) is 10.7. The van der Waals surface area contributed by atoms with E-state index in [2.05, 4.69) is 21.2 Å². The van der Waals surface area contributed by atoms with Crippen molar-refractivity contribution >= 4 is 49.1 Å². The number of rotatable bonds is 9. The van der Waals surface area contributed by atoms with Crippen molar-refractivity contribution < 1.29 is 17.9 Å². The summed E-state index contributed by atoms with van der Waals surface area (Å²) in [4.78, 5) is 12.6. The van der Waals surface area contributed by atoms with E-state index < -0.39 is 15.9 Å². The predicted molar refractivity (Wildman–Crippen MR) is 125 cm³/mol. The maximum Gasteiger partial charge on any atom is 0.264 e. The Morgan fingerprint density at radius 1 is 1.00 bits per heavy atom. The van der Waals surface area contributed by atoms with Gasteiger partial charge in [0.1, 0.15) is 18.9 Å². The lowest BCUT2D eigenvalue weighted by Crippen LogP contribution is -2.41. The molecule has 3 aromatic carbocycles. The average Bonchev–Trinajstić information content (AvgIpc) is 2.77. The van der Waals surface area contributed by atoms with Crippen LogP contribution < -0.4 is 14.4 Å². The van der Waals surface area contributed by atoms with Crippen molar-refractivity contribution in [2.45, 2.75) is 4.90 Å². The summed E-state index contributed by atoms with van der Waals surface area (Å²) in [5.74, 6) is 0.181. The van der Waals surface area contributed by atoms with E-state index in [1.54, 1.807) is 66.7 Å². The molecule has 1 N–H and O–H groups in total. The Balaban J connectivity index is 1.68. The van der Waals surface area contributed by atoms with Gasteiger partial charge in [-0.3, -0.25) is 9.10 Å². The van der Waals surface area contributed by atoms with Crippen molar-refractivity contribution in [2.24, 2.45) is 0 Å². The average molecular weight is 524 g/mol. The first kappa shape index (κ1) is 23.1. The normalized spacial score (nSPS) is 11.0. The monoisotopic (exact) mass is 522 g/mol. The highest BCUT2D eigenvalue weighted by Crippen LogP contribution is 2.26. The van der Waals surface area contributed by atoms with Gasteiger partial charge in [0.2, 0.25) is 5.91 Å². The van der Waals surface area contributed by atoms with Crippen molar-refractivity contribution in [2.75, 3.05) is 24.0 Å². The second-order valence-electron chi connectivity index (χ2n) is 6.46. The molecular formula is C22H20BrClN2O4S. The van der Waals surface area contributed by atoms with Gasteiger partial charge in [-0.1, -0.05) is 51.8 Å². The van der Waals surface area contributed by atoms with Crippen LogP contribution in [0.15, 0.2) is 88.2 Å². The highest BCUT2D eigenvalue weighted by atomic mass is 79.9. The van der Waals surface area contributed by atoms with Crippen molar-refractivity contribution in [3.63, 3.8) is 0 Å². The molecule has 0 unspecified atom stereocenters. The Morgan fingerprint density at radius 2 is 1.71 bits per heavy atom. The minimum absolute atomic E-state index is 0.105. The van der Waals surface area contributed by atoms with Crippen LogP contribution in [0.5, 0.6) is 5.75 Å². The third-order valence-corrected chi connectivity index (χ3v) is 6.75. The predicted octanol–water partition coefficient (Wildman–Crippen LogP) is 4.49. The van der Waals surface area contributed by atoms with E-state index in [1.807, 2.05) is 0 Å². The van der Waals surface area contributed by atoms with Gasteiger partial charge in [0.25, 0.3) is 10.0 Å². The molecule has 0 aromatic heterocycles. The Labute approximate surface area is 195 Å². The number of sulfonamides is 1. The minimum atomic E-state index is -3.94. The van der Waals surface area contributed by atoms with Crippen LogP contribution in [0.2, 0.25) is 5.02 Å². The van der Waals surface area contributed by atoms with E-state index in [9.17, 15) is 13.2 Å². The molecule has 0 aliphatic heterocycles. The van der Waals surface area contributed by atoms with Gasteiger partial charge in [0.05, 0.1) is 17.1 Å². The topological polar surface area (TPSA) is 75.7 Å². The fourth-order valence-electron chi connectivity index (χ4n) is 2.74. The van der Waals surface area contributed by atoms with Crippen molar-refractivity contribution in [3.8, 4) is 5.75 Å². The minimum Gasteiger partial charge on any atom is -0.492 e. The zero-order chi connectivity index (χ0) is 22.3. The summed E-state index contributed by atoms with van der Waals surface area (Å²) >= 11 is 9.19. The van der Waals surface area contributed by atoms with Gasteiger partial charge in [0.15, 0.2) is 0 Å². The number of nitrogens with zero attached hydrogens (tertiary/aromatic N) is 1. The molecule has 6 nitrogen and oxygen atoms in total. The van der Waals surface area contributed by atoms with E-state index in [0.717, 1.165) is 4.31 Å². The third-order valence-electron chi connectivity index (χ3n) is 4.22. The summed E-state index contributed by atoms with van der Waals surface area (Å²) in [5.41, 5.74) is 0.380. The lowest BCUT2D eigenvalue weighted by Gasteiger charge is -2.24. The second-order valence-corrected chi connectivity index (χ2v) is 9.67. The van der Waals surface area contributed by atoms with Crippen LogP contribution in [-0.2, 0) is 14.8 Å². The molecule has 0 bridgehead atoms. The zero-order valence-electron chi connectivity index (χ0n) is 16.4. The highest BCUT2D eigenvalue weighted by Gasteiger charge is 2.27. The Kier molecular flexibility index (Phi) is 7.95. The van der Waals surface area contributed by atoms with E-state index in [1.165, 1.54) is 12.1 Å². The number of hydrogen-bond acceptors (Lipinski definition) is 4. The molecule has 0 saturated carbocycles. The summed E-state index contributed by atoms with van der Waals surface area (Å²) in [7, 11) is -3.94. The first-order chi connectivity index (χ1) is 14.9. The Hall–Kier alpha value is -2.55. The van der Waals surface area contributed by atoms with Gasteiger partial charge >= 0.3 is 0 Å². The Bertz CT molecular complexity index is 1130. The van der Waals surface area contributed by atoms with Crippen LogP contribution >= 0.6 is 27.5 Å². The molecule has 0 radical (unpaired) electrons. The number of anilines is 1. The third kappa shape index (κ3) is 6.46. The van der Waals surface area contributed by atoms with Crippen LogP contribution in [0.3, 0.4) is 0 Å². The molecule has 1 amide bonds. The standard InChI is InChI=1S/C22H20BrClN2O4S/c23-17-5-4-6-19(15-17)26(31(28,29)21-7-2-1-3-8-21)16-22(27)25-13-14-30-20-11-9-18(24)10-12-20/h1-12,15H,13-14,16H2,(H,25,27). The summed E-state index contributed by atoms with van der Waals surface area (Å²) < 4.78 is 33.8. The number of hydrogen-bond donors (Lipinski definition) is 1. The molecular weight excluding hydrogens is 504 g/mol. The number of benzene rings is 3. The lowest BCUT2D eigenvalue weighted by atomic mass is 10.3. The molecule has 162 valence electrons. The van der Waals surface area contributed by atoms with Gasteiger partial charge in [0, 0.05) is 9.50 Å². The number of carbonyl (C=O) groups excluding carboxylic acids is 1. The number of carbonyl (C=O) groups is 1. The highest BCUT2D eigenvalue weighted by molar-refractivity contribution is 9.10. The molecule has 0 saturated heterocycles. The van der Waals surface area contributed by atoms with Crippen molar-refractivity contribution in [1.82, 2.24) is 5.32 Å². The van der Waals surface area contributed by atoms with E-state index in [-0.39, 0.29) is 24.6 Å². The molecule has 0 fully saturated rings. The molecule has 3 rings (SSSR count). The van der Waals surface area contributed by atoms with Crippen LogP contribution in [0.4, 0.5) is 5.69 Å². The number of halogens is 2. The van der Waals surface area contributed by atoms with Crippen LogP contribution in [0.1, 0.15) is 0 Å². The zero-order valence-corrected chi connectivity index (χ0v) is 19.5. The summed E-state index contributed by atoms with van der Waals surface area (Å²) in [5, 5.41) is 3.30. The first-order valence-corrected chi connectivity index (χ1v) is 12.0. The van der Waals surface area contributed by atoms with Crippen LogP contribution in [-0.4, -0.2) is 34.0 Å². The van der Waals surface area contributed by atoms with Crippen LogP contribution in [0.25, 0.3) is 0 Å². The van der Waals surface area contributed by atoms with Crippen molar-refractivity contribution in [1.29, 1.82) is 0 Å². The molecule has 3 aromatic rings. The van der Waals surface area contributed by atoms with Crippen molar-refractivity contribution in [3.05, 3.63) is 88.4 Å². The molecule has 0 heterocycles. The maximum absolute atomic E-state index is 13.2. The summed E-state index contributed by atoms with van der Waals surface area (Å²) in [6, 6.07) is 21.7. The fourth-order valence-corrected chi connectivity index (χ4v) is 4.69. The molecule has 31 heavy (non-hydrogen) atoms. The molecule has 0 spiro atoms. The van der Waals surface area contributed by atoms with Crippen LogP contribution in [0, 0.1) is 0 Å². The number of ether oxygens (including phenoxy) is 1. The van der Waals surface area contributed by atoms with E-state index >= 15 is 0 Å². The molecule has 0 aliphatic carbocycles. The number of nitrogens with one attached hydrogen (secondary N) is 1. The van der Waals surface area contributed by atoms with Gasteiger partial charge in [-0.15, -0.1) is 0 Å². The summed E-state index contributed by atoms with van der Waals surface area (Å²) in [6.45, 7) is 0.0868. The molecule has 0 atom stereocenters. The maximum atomic E-state index is 13.2. The molecule has 0 aliphatic rings. The van der Waals surface area contributed by atoms with Gasteiger partial charge in [-0.05, 0) is 54.6 Å². The largest absolute Gasteiger partial charge is 0.492 e. The van der Waals surface area contributed by atoms with Gasteiger partial charge in [-0.2, -0.15) is 0 Å². The van der Waals surface area contributed by atoms with E-state index in [0.29, 0.717) is 20.9 Å². The quantitative estimate of drug-likeness (QED) is 0.419. The fraction of sp³-hybridized carbons (Fsp3) is 0.136. The van der Waals surface area contributed by atoms with E-state index in [4.69, 9.17) is 16.3 Å². The smallest absolute Gasteiger partial charge is 0.264 e. The Morgan fingerprint density at radius 3 is 2.39 bits per heavy atom. The SMILES string of the molecule is O=C(CN(c1cccc(Br)c1)S(=O)(=O)c1ccccc1)NCCOc1ccc(Cl)cc1. The van der Waals surface area contributed by atoms with Gasteiger partial charge < -0.3 is 10.1 Å². The number of amides is 1. The summed E-state index contributed by atoms with van der Waals surface area (Å²) in [6.07, 6.45) is 0. The molecule has 9 heteroatoms. The lowest BCUT2D eigenvalue weighted by molar-refractivity contribution is -0.119. The van der Waals surface area contributed by atoms with Gasteiger partial charge in [-0.25, -0.2) is 8.42 Å². The first-order valence-electron chi connectivity index (χ1n) is 9.35.